The number of carbonyl (C=O) groups is 2. The summed E-state index contributed by atoms with van der Waals surface area (Å²) in [6.07, 6.45) is -0.544. The summed E-state index contributed by atoms with van der Waals surface area (Å²) in [7, 11) is 1.27. The van der Waals surface area contributed by atoms with E-state index in [-0.39, 0.29) is 6.42 Å². The van der Waals surface area contributed by atoms with E-state index in [1.165, 1.54) is 31.4 Å². The number of halogens is 1. The predicted molar refractivity (Wildman–Crippen MR) is 96.4 cm³/mol. The van der Waals surface area contributed by atoms with Crippen LogP contribution in [0.15, 0.2) is 59.8 Å². The van der Waals surface area contributed by atoms with Crippen LogP contribution in [0.3, 0.4) is 0 Å². The van der Waals surface area contributed by atoms with Gasteiger partial charge in [0, 0.05) is 6.42 Å². The zero-order valence-corrected chi connectivity index (χ0v) is 14.7. The Hall–Kier alpha value is -3.22. The van der Waals surface area contributed by atoms with Gasteiger partial charge in [-0.1, -0.05) is 47.6 Å². The van der Waals surface area contributed by atoms with Gasteiger partial charge in [-0.3, -0.25) is 9.59 Å². The molecular weight excluding hydrogens is 351 g/mol. The summed E-state index contributed by atoms with van der Waals surface area (Å²) in [5.41, 5.74) is 2.16. The molecule has 3 rings (SSSR count). The number of nitrogens with one attached hydrogen (secondary N) is 1. The predicted octanol–water partition coefficient (Wildman–Crippen LogP) is 2.74. The van der Waals surface area contributed by atoms with E-state index >= 15 is 0 Å². The first kappa shape index (κ1) is 18.6. The fourth-order valence-corrected chi connectivity index (χ4v) is 2.78. The van der Waals surface area contributed by atoms with Crippen LogP contribution in [0.1, 0.15) is 30.0 Å². The number of hydrogen-bond acceptors (Lipinski definition) is 5. The van der Waals surface area contributed by atoms with E-state index in [4.69, 9.17) is 4.84 Å². The number of carbonyl (C=O) groups excluding carboxylic acids is 2. The summed E-state index contributed by atoms with van der Waals surface area (Å²) >= 11 is 0. The van der Waals surface area contributed by atoms with Crippen LogP contribution in [0.4, 0.5) is 4.39 Å². The molecule has 1 heterocycles. The Bertz CT molecular complexity index is 837. The monoisotopic (exact) mass is 370 g/mol. The van der Waals surface area contributed by atoms with Gasteiger partial charge in [0.15, 0.2) is 0 Å². The van der Waals surface area contributed by atoms with Gasteiger partial charge in [-0.2, -0.15) is 0 Å². The Morgan fingerprint density at radius 3 is 2.59 bits per heavy atom. The third-order valence-corrected chi connectivity index (χ3v) is 4.26. The lowest BCUT2D eigenvalue weighted by Gasteiger charge is -2.19. The molecule has 0 fully saturated rings. The van der Waals surface area contributed by atoms with E-state index in [1.807, 2.05) is 30.3 Å². The molecule has 2 unspecified atom stereocenters. The van der Waals surface area contributed by atoms with Gasteiger partial charge in [-0.15, -0.1) is 0 Å². The molecule has 1 aliphatic rings. The van der Waals surface area contributed by atoms with Crippen LogP contribution in [0.5, 0.6) is 0 Å². The van der Waals surface area contributed by atoms with Crippen LogP contribution >= 0.6 is 0 Å². The molecule has 0 bridgehead atoms. The second-order valence-corrected chi connectivity index (χ2v) is 6.10. The maximum Gasteiger partial charge on any atom is 0.307 e. The molecule has 0 saturated heterocycles. The van der Waals surface area contributed by atoms with Crippen molar-refractivity contribution in [2.24, 2.45) is 5.16 Å². The van der Waals surface area contributed by atoms with Gasteiger partial charge in [0.2, 0.25) is 6.10 Å². The smallest absolute Gasteiger partial charge is 0.307 e. The molecule has 6 nitrogen and oxygen atoms in total. The normalized spacial score (nSPS) is 16.8. The van der Waals surface area contributed by atoms with Crippen molar-refractivity contribution >= 4 is 17.6 Å². The molecule has 0 spiro atoms. The molecule has 7 heteroatoms. The van der Waals surface area contributed by atoms with Gasteiger partial charge in [0.25, 0.3) is 5.91 Å². The third-order valence-electron chi connectivity index (χ3n) is 4.26. The van der Waals surface area contributed by atoms with Crippen molar-refractivity contribution in [1.82, 2.24) is 5.32 Å². The second kappa shape index (κ2) is 8.44. The van der Waals surface area contributed by atoms with Crippen molar-refractivity contribution in [3.8, 4) is 0 Å². The largest absolute Gasteiger partial charge is 0.469 e. The molecule has 2 aromatic rings. The highest BCUT2D eigenvalue weighted by Gasteiger charge is 2.31. The highest BCUT2D eigenvalue weighted by molar-refractivity contribution is 6.04. The zero-order valence-electron chi connectivity index (χ0n) is 14.7. The van der Waals surface area contributed by atoms with Gasteiger partial charge in [-0.05, 0) is 23.3 Å². The van der Waals surface area contributed by atoms with Gasteiger partial charge in [-0.25, -0.2) is 4.39 Å². The number of hydrogen-bond donors (Lipinski definition) is 1. The fraction of sp³-hybridized carbons (Fsp3) is 0.250. The van der Waals surface area contributed by atoms with Crippen LogP contribution in [0, 0.1) is 5.82 Å². The van der Waals surface area contributed by atoms with Crippen molar-refractivity contribution in [3.63, 3.8) is 0 Å². The van der Waals surface area contributed by atoms with Crippen LogP contribution in [-0.4, -0.2) is 30.8 Å². The average molecular weight is 370 g/mol. The first-order chi connectivity index (χ1) is 13.1. The maximum absolute atomic E-state index is 13.2. The molecule has 140 valence electrons. The minimum atomic E-state index is -0.791. The number of oxime groups is 1. The van der Waals surface area contributed by atoms with Gasteiger partial charge in [0.05, 0.1) is 25.3 Å². The average Bonchev–Trinajstić information content (AvgIpc) is 3.19. The molecule has 1 amide bonds. The topological polar surface area (TPSA) is 77.0 Å². The molecule has 27 heavy (non-hydrogen) atoms. The number of methoxy groups -OCH3 is 1. The Kier molecular flexibility index (Phi) is 5.80. The SMILES string of the molecule is COC(=O)CC(NC(=O)C1CC(c2ccccc2)=NO1)c1ccc(F)cc1. The number of nitrogens with zero attached hydrogens (tertiary/aromatic N) is 1. The van der Waals surface area contributed by atoms with Crippen molar-refractivity contribution in [3.05, 3.63) is 71.5 Å². The Balaban J connectivity index is 1.68. The van der Waals surface area contributed by atoms with E-state index in [2.05, 4.69) is 15.2 Å². The molecule has 0 saturated carbocycles. The third kappa shape index (κ3) is 4.69. The van der Waals surface area contributed by atoms with Gasteiger partial charge < -0.3 is 14.9 Å². The second-order valence-electron chi connectivity index (χ2n) is 6.10. The van der Waals surface area contributed by atoms with Gasteiger partial charge >= 0.3 is 5.97 Å². The summed E-state index contributed by atoms with van der Waals surface area (Å²) in [5.74, 6) is -1.29. The summed E-state index contributed by atoms with van der Waals surface area (Å²) in [4.78, 5) is 29.6. The van der Waals surface area contributed by atoms with Crippen molar-refractivity contribution in [1.29, 1.82) is 0 Å². The van der Waals surface area contributed by atoms with E-state index in [9.17, 15) is 14.0 Å². The molecule has 1 N–H and O–H groups in total. The van der Waals surface area contributed by atoms with E-state index in [1.54, 1.807) is 0 Å². The number of benzene rings is 2. The summed E-state index contributed by atoms with van der Waals surface area (Å²) in [6, 6.07) is 14.4. The zero-order chi connectivity index (χ0) is 19.2. The number of esters is 1. The minimum absolute atomic E-state index is 0.0764. The molecule has 0 aromatic heterocycles. The molecule has 2 aromatic carbocycles. The molecular formula is C20H19FN2O4. The quantitative estimate of drug-likeness (QED) is 0.794. The Morgan fingerprint density at radius 1 is 1.22 bits per heavy atom. The first-order valence-corrected chi connectivity index (χ1v) is 8.47. The van der Waals surface area contributed by atoms with E-state index < -0.39 is 29.8 Å². The standard InChI is InChI=1S/C20H19FN2O4/c1-26-19(24)12-16(14-7-9-15(21)10-8-14)22-20(25)18-11-17(23-27-18)13-5-3-2-4-6-13/h2-10,16,18H,11-12H2,1H3,(H,22,25). The Morgan fingerprint density at radius 2 is 1.93 bits per heavy atom. The van der Waals surface area contributed by atoms with Crippen molar-refractivity contribution < 1.29 is 23.6 Å². The highest BCUT2D eigenvalue weighted by atomic mass is 19.1. The lowest BCUT2D eigenvalue weighted by molar-refractivity contribution is -0.141. The highest BCUT2D eigenvalue weighted by Crippen LogP contribution is 2.21. The van der Waals surface area contributed by atoms with Crippen LogP contribution < -0.4 is 5.32 Å². The van der Waals surface area contributed by atoms with E-state index in [0.717, 1.165) is 5.56 Å². The lowest BCUT2D eigenvalue weighted by Crippen LogP contribution is -2.38. The number of ether oxygens (including phenoxy) is 1. The fourth-order valence-electron chi connectivity index (χ4n) is 2.78. The van der Waals surface area contributed by atoms with Crippen LogP contribution in [0.25, 0.3) is 0 Å². The first-order valence-electron chi connectivity index (χ1n) is 8.47. The van der Waals surface area contributed by atoms with Crippen molar-refractivity contribution in [2.45, 2.75) is 25.0 Å². The molecule has 2 atom stereocenters. The van der Waals surface area contributed by atoms with Crippen molar-refractivity contribution in [2.75, 3.05) is 7.11 Å². The lowest BCUT2D eigenvalue weighted by atomic mass is 10.0. The maximum atomic E-state index is 13.2. The van der Waals surface area contributed by atoms with Crippen LogP contribution in [0.2, 0.25) is 0 Å². The van der Waals surface area contributed by atoms with E-state index in [0.29, 0.717) is 17.7 Å². The number of amides is 1. The molecule has 0 radical (unpaired) electrons. The molecule has 0 aliphatic carbocycles. The Labute approximate surface area is 156 Å². The summed E-state index contributed by atoms with van der Waals surface area (Å²) < 4.78 is 17.9. The summed E-state index contributed by atoms with van der Waals surface area (Å²) in [5, 5.41) is 6.76. The summed E-state index contributed by atoms with van der Waals surface area (Å²) in [6.45, 7) is 0. The number of rotatable bonds is 6. The van der Waals surface area contributed by atoms with Crippen LogP contribution in [-0.2, 0) is 19.2 Å². The van der Waals surface area contributed by atoms with Gasteiger partial charge in [0.1, 0.15) is 5.82 Å². The molecule has 1 aliphatic heterocycles. The minimum Gasteiger partial charge on any atom is -0.469 e.